The molecule has 0 bridgehead atoms. The van der Waals surface area contributed by atoms with Crippen molar-refractivity contribution in [2.24, 2.45) is 0 Å². The van der Waals surface area contributed by atoms with Crippen LogP contribution in [-0.2, 0) is 4.74 Å². The standard InChI is InChI=1S/C12H13NO2/c1-8-7-9(4-5-10(8)13)12(14)11-3-2-6-15-11/h3-5,7H,2,6,13H2,1H3. The number of hydrogen-bond acceptors (Lipinski definition) is 3. The Morgan fingerprint density at radius 1 is 1.47 bits per heavy atom. The molecule has 0 aliphatic carbocycles. The maximum absolute atomic E-state index is 11.9. The first-order valence-corrected chi connectivity index (χ1v) is 4.92. The van der Waals surface area contributed by atoms with Crippen LogP contribution in [0.4, 0.5) is 5.69 Å². The number of carbonyl (C=O) groups is 1. The van der Waals surface area contributed by atoms with Crippen LogP contribution < -0.4 is 5.73 Å². The van der Waals surface area contributed by atoms with Crippen LogP contribution in [0.3, 0.4) is 0 Å². The zero-order valence-electron chi connectivity index (χ0n) is 8.62. The van der Waals surface area contributed by atoms with Crippen LogP contribution in [0.25, 0.3) is 0 Å². The number of aryl methyl sites for hydroxylation is 1. The number of nitrogen functional groups attached to an aromatic ring is 1. The molecule has 78 valence electrons. The van der Waals surface area contributed by atoms with Gasteiger partial charge in [0.1, 0.15) is 0 Å². The topological polar surface area (TPSA) is 52.3 Å². The van der Waals surface area contributed by atoms with Gasteiger partial charge >= 0.3 is 0 Å². The second-order valence-corrected chi connectivity index (χ2v) is 3.61. The average molecular weight is 203 g/mol. The fraction of sp³-hybridized carbons (Fsp3) is 0.250. The molecule has 0 fully saturated rings. The van der Waals surface area contributed by atoms with E-state index in [1.165, 1.54) is 0 Å². The lowest BCUT2D eigenvalue weighted by molar-refractivity contribution is 0.0942. The summed E-state index contributed by atoms with van der Waals surface area (Å²) in [5, 5.41) is 0. The number of benzene rings is 1. The summed E-state index contributed by atoms with van der Waals surface area (Å²) >= 11 is 0. The van der Waals surface area contributed by atoms with Gasteiger partial charge in [0.05, 0.1) is 6.61 Å². The van der Waals surface area contributed by atoms with Crippen molar-refractivity contribution in [2.75, 3.05) is 12.3 Å². The molecule has 0 saturated carbocycles. The van der Waals surface area contributed by atoms with Crippen LogP contribution in [0.2, 0.25) is 0 Å². The fourth-order valence-electron chi connectivity index (χ4n) is 1.54. The van der Waals surface area contributed by atoms with Gasteiger partial charge in [-0.2, -0.15) is 0 Å². The molecule has 1 aromatic carbocycles. The largest absolute Gasteiger partial charge is 0.489 e. The molecule has 0 radical (unpaired) electrons. The van der Waals surface area contributed by atoms with Crippen LogP contribution in [0.15, 0.2) is 30.0 Å². The molecule has 1 heterocycles. The molecule has 0 atom stereocenters. The molecule has 1 aliphatic heterocycles. The van der Waals surface area contributed by atoms with Gasteiger partial charge in [-0.15, -0.1) is 0 Å². The summed E-state index contributed by atoms with van der Waals surface area (Å²) in [6.45, 7) is 2.49. The van der Waals surface area contributed by atoms with Gasteiger partial charge in [0.2, 0.25) is 5.78 Å². The first kappa shape index (κ1) is 9.77. The van der Waals surface area contributed by atoms with E-state index in [0.29, 0.717) is 23.6 Å². The van der Waals surface area contributed by atoms with Gasteiger partial charge in [-0.05, 0) is 36.8 Å². The van der Waals surface area contributed by atoms with E-state index in [-0.39, 0.29) is 5.78 Å². The fourth-order valence-corrected chi connectivity index (χ4v) is 1.54. The minimum atomic E-state index is -0.0596. The number of rotatable bonds is 2. The van der Waals surface area contributed by atoms with Crippen molar-refractivity contribution in [3.8, 4) is 0 Å². The number of nitrogens with two attached hydrogens (primary N) is 1. The van der Waals surface area contributed by atoms with E-state index in [9.17, 15) is 4.79 Å². The Labute approximate surface area is 88.5 Å². The summed E-state index contributed by atoms with van der Waals surface area (Å²) in [5.41, 5.74) is 7.94. The van der Waals surface area contributed by atoms with Crippen LogP contribution >= 0.6 is 0 Å². The van der Waals surface area contributed by atoms with Gasteiger partial charge in [-0.1, -0.05) is 0 Å². The molecule has 15 heavy (non-hydrogen) atoms. The van der Waals surface area contributed by atoms with Gasteiger partial charge in [-0.25, -0.2) is 0 Å². The molecule has 1 aliphatic rings. The molecule has 2 rings (SSSR count). The van der Waals surface area contributed by atoms with Crippen molar-refractivity contribution in [2.45, 2.75) is 13.3 Å². The number of carbonyl (C=O) groups excluding carboxylic acids is 1. The number of allylic oxidation sites excluding steroid dienone is 1. The number of anilines is 1. The molecule has 0 amide bonds. The Morgan fingerprint density at radius 2 is 2.27 bits per heavy atom. The zero-order valence-corrected chi connectivity index (χ0v) is 8.62. The number of ketones is 1. The van der Waals surface area contributed by atoms with E-state index < -0.39 is 0 Å². The lowest BCUT2D eigenvalue weighted by Gasteiger charge is -2.05. The van der Waals surface area contributed by atoms with Crippen molar-refractivity contribution < 1.29 is 9.53 Å². The molecule has 1 aromatic rings. The number of ether oxygens (including phenoxy) is 1. The third-order valence-electron chi connectivity index (χ3n) is 2.46. The highest BCUT2D eigenvalue weighted by atomic mass is 16.5. The Balaban J connectivity index is 2.29. The number of hydrogen-bond donors (Lipinski definition) is 1. The van der Waals surface area contributed by atoms with Crippen molar-refractivity contribution >= 4 is 11.5 Å². The van der Waals surface area contributed by atoms with E-state index in [4.69, 9.17) is 10.5 Å². The summed E-state index contributed by atoms with van der Waals surface area (Å²) < 4.78 is 5.22. The quantitative estimate of drug-likeness (QED) is 0.591. The molecule has 2 N–H and O–H groups in total. The second kappa shape index (κ2) is 3.77. The van der Waals surface area contributed by atoms with E-state index in [0.717, 1.165) is 12.0 Å². The van der Waals surface area contributed by atoms with Crippen molar-refractivity contribution in [3.05, 3.63) is 41.2 Å². The predicted molar refractivity (Wildman–Crippen MR) is 58.6 cm³/mol. The SMILES string of the molecule is Cc1cc(C(=O)C2=CCCO2)ccc1N. The Bertz CT molecular complexity index is 435. The minimum Gasteiger partial charge on any atom is -0.489 e. The smallest absolute Gasteiger partial charge is 0.227 e. The highest BCUT2D eigenvalue weighted by molar-refractivity contribution is 6.07. The summed E-state index contributed by atoms with van der Waals surface area (Å²) in [7, 11) is 0. The third-order valence-corrected chi connectivity index (χ3v) is 2.46. The van der Waals surface area contributed by atoms with E-state index in [1.807, 2.05) is 13.0 Å². The lowest BCUT2D eigenvalue weighted by atomic mass is 10.1. The molecule has 3 nitrogen and oxygen atoms in total. The second-order valence-electron chi connectivity index (χ2n) is 3.61. The van der Waals surface area contributed by atoms with Gasteiger partial charge in [0.15, 0.2) is 5.76 Å². The van der Waals surface area contributed by atoms with Crippen LogP contribution in [0.5, 0.6) is 0 Å². The van der Waals surface area contributed by atoms with Crippen LogP contribution in [0.1, 0.15) is 22.3 Å². The van der Waals surface area contributed by atoms with E-state index in [1.54, 1.807) is 18.2 Å². The normalized spacial score (nSPS) is 14.6. The van der Waals surface area contributed by atoms with Gasteiger partial charge < -0.3 is 10.5 Å². The molecular formula is C12H13NO2. The zero-order chi connectivity index (χ0) is 10.8. The van der Waals surface area contributed by atoms with E-state index >= 15 is 0 Å². The third kappa shape index (κ3) is 1.86. The molecule has 0 aromatic heterocycles. The summed E-state index contributed by atoms with van der Waals surface area (Å²) in [6, 6.07) is 5.27. The first-order valence-electron chi connectivity index (χ1n) is 4.92. The Kier molecular flexibility index (Phi) is 2.46. The predicted octanol–water partition coefficient (Wildman–Crippen LogP) is 2.06. The minimum absolute atomic E-state index is 0.0596. The summed E-state index contributed by atoms with van der Waals surface area (Å²) in [6.07, 6.45) is 2.64. The first-order chi connectivity index (χ1) is 7.18. The lowest BCUT2D eigenvalue weighted by Crippen LogP contribution is -2.04. The molecular weight excluding hydrogens is 190 g/mol. The average Bonchev–Trinajstić information content (AvgIpc) is 2.74. The van der Waals surface area contributed by atoms with Gasteiger partial charge in [-0.3, -0.25) is 4.79 Å². The molecule has 0 unspecified atom stereocenters. The molecule has 0 saturated heterocycles. The van der Waals surface area contributed by atoms with E-state index in [2.05, 4.69) is 0 Å². The van der Waals surface area contributed by atoms with Gasteiger partial charge in [0, 0.05) is 17.7 Å². The van der Waals surface area contributed by atoms with Gasteiger partial charge in [0.25, 0.3) is 0 Å². The summed E-state index contributed by atoms with van der Waals surface area (Å²) in [4.78, 5) is 11.9. The Morgan fingerprint density at radius 3 is 2.87 bits per heavy atom. The maximum atomic E-state index is 11.9. The molecule has 0 spiro atoms. The highest BCUT2D eigenvalue weighted by Crippen LogP contribution is 2.19. The van der Waals surface area contributed by atoms with Crippen molar-refractivity contribution in [1.29, 1.82) is 0 Å². The Hall–Kier alpha value is -1.77. The monoisotopic (exact) mass is 203 g/mol. The number of Topliss-reactive ketones (excluding diaryl/α,β-unsaturated/α-hetero) is 1. The highest BCUT2D eigenvalue weighted by Gasteiger charge is 2.17. The summed E-state index contributed by atoms with van der Waals surface area (Å²) in [5.74, 6) is 0.398. The van der Waals surface area contributed by atoms with Crippen molar-refractivity contribution in [1.82, 2.24) is 0 Å². The maximum Gasteiger partial charge on any atom is 0.227 e. The van der Waals surface area contributed by atoms with Crippen molar-refractivity contribution in [3.63, 3.8) is 0 Å². The van der Waals surface area contributed by atoms with Crippen LogP contribution in [-0.4, -0.2) is 12.4 Å². The van der Waals surface area contributed by atoms with Crippen LogP contribution in [0, 0.1) is 6.92 Å². The molecule has 3 heteroatoms.